The smallest absolute Gasteiger partial charge is 0.227 e. The van der Waals surface area contributed by atoms with E-state index in [9.17, 15) is 9.90 Å². The summed E-state index contributed by atoms with van der Waals surface area (Å²) in [7, 11) is 0. The highest BCUT2D eigenvalue weighted by Gasteiger charge is 2.25. The number of phenolic OH excluding ortho intramolecular Hbond substituents is 1. The maximum atomic E-state index is 12.2. The van der Waals surface area contributed by atoms with Crippen LogP contribution in [-0.4, -0.2) is 17.6 Å². The van der Waals surface area contributed by atoms with Crippen LogP contribution in [0.15, 0.2) is 12.1 Å². The number of phenols is 1. The zero-order valence-corrected chi connectivity index (χ0v) is 12.5. The molecule has 20 heavy (non-hydrogen) atoms. The molecule has 4 nitrogen and oxygen atoms in total. The van der Waals surface area contributed by atoms with Crippen LogP contribution in [0.2, 0.25) is 10.0 Å². The number of aromatic hydroxyl groups is 1. The van der Waals surface area contributed by atoms with Crippen molar-refractivity contribution < 1.29 is 9.90 Å². The number of carbonyl (C=O) groups is 1. The summed E-state index contributed by atoms with van der Waals surface area (Å²) < 4.78 is 0. The van der Waals surface area contributed by atoms with E-state index in [0.29, 0.717) is 18.2 Å². The quantitative estimate of drug-likeness (QED) is 0.748. The molecule has 0 bridgehead atoms. The van der Waals surface area contributed by atoms with Crippen LogP contribution in [0.4, 0.5) is 5.69 Å². The Balaban J connectivity index is 1.98. The maximum Gasteiger partial charge on any atom is 0.227 e. The van der Waals surface area contributed by atoms with E-state index in [1.165, 1.54) is 12.1 Å². The molecule has 4 N–H and O–H groups in total. The summed E-state index contributed by atoms with van der Waals surface area (Å²) in [6.45, 7) is 0.692. The van der Waals surface area contributed by atoms with Gasteiger partial charge >= 0.3 is 0 Å². The molecule has 0 radical (unpaired) electrons. The molecule has 0 aromatic heterocycles. The molecular formula is C14H18Cl2N2O2. The minimum Gasteiger partial charge on any atom is -0.505 e. The van der Waals surface area contributed by atoms with E-state index in [-0.39, 0.29) is 27.6 Å². The molecule has 0 saturated heterocycles. The standard InChI is InChI=1S/C14H18Cl2N2O2/c15-11-5-10(6-12(16)13(11)19)18-14(20)9-3-1-8(7-17)2-4-9/h5-6,8-9,19H,1-4,7,17H2,(H,18,20). The topological polar surface area (TPSA) is 75.4 Å². The molecule has 1 aromatic rings. The zero-order chi connectivity index (χ0) is 14.7. The van der Waals surface area contributed by atoms with Crippen LogP contribution in [0, 0.1) is 11.8 Å². The number of anilines is 1. The van der Waals surface area contributed by atoms with Crippen molar-refractivity contribution in [2.75, 3.05) is 11.9 Å². The molecule has 0 heterocycles. The second-order valence-corrected chi connectivity index (χ2v) is 6.05. The highest BCUT2D eigenvalue weighted by atomic mass is 35.5. The van der Waals surface area contributed by atoms with E-state index in [0.717, 1.165) is 25.7 Å². The Labute approximate surface area is 128 Å². The summed E-state index contributed by atoms with van der Waals surface area (Å²) >= 11 is 11.7. The van der Waals surface area contributed by atoms with Crippen LogP contribution < -0.4 is 11.1 Å². The first-order chi connectivity index (χ1) is 9.51. The number of benzene rings is 1. The van der Waals surface area contributed by atoms with Crippen molar-refractivity contribution in [1.82, 2.24) is 0 Å². The summed E-state index contributed by atoms with van der Waals surface area (Å²) in [4.78, 5) is 12.2. The van der Waals surface area contributed by atoms with E-state index in [4.69, 9.17) is 28.9 Å². The van der Waals surface area contributed by atoms with E-state index in [1.54, 1.807) is 0 Å². The molecule has 2 rings (SSSR count). The Bertz CT molecular complexity index is 477. The van der Waals surface area contributed by atoms with E-state index >= 15 is 0 Å². The van der Waals surface area contributed by atoms with E-state index < -0.39 is 0 Å². The van der Waals surface area contributed by atoms with Crippen LogP contribution in [-0.2, 0) is 4.79 Å². The lowest BCUT2D eigenvalue weighted by molar-refractivity contribution is -0.121. The number of halogens is 2. The van der Waals surface area contributed by atoms with Gasteiger partial charge in [0.25, 0.3) is 0 Å². The monoisotopic (exact) mass is 316 g/mol. The summed E-state index contributed by atoms with van der Waals surface area (Å²) in [5, 5.41) is 12.5. The summed E-state index contributed by atoms with van der Waals surface area (Å²) in [6.07, 6.45) is 3.69. The van der Waals surface area contributed by atoms with Crippen LogP contribution in [0.25, 0.3) is 0 Å². The lowest BCUT2D eigenvalue weighted by Gasteiger charge is -2.26. The van der Waals surface area contributed by atoms with Gasteiger partial charge in [-0.3, -0.25) is 4.79 Å². The highest BCUT2D eigenvalue weighted by molar-refractivity contribution is 6.37. The van der Waals surface area contributed by atoms with Gasteiger partial charge in [0.1, 0.15) is 0 Å². The van der Waals surface area contributed by atoms with Crippen LogP contribution in [0.1, 0.15) is 25.7 Å². The van der Waals surface area contributed by atoms with Crippen molar-refractivity contribution in [3.63, 3.8) is 0 Å². The van der Waals surface area contributed by atoms with Crippen LogP contribution in [0.3, 0.4) is 0 Å². The number of carbonyl (C=O) groups excluding carboxylic acids is 1. The molecule has 110 valence electrons. The SMILES string of the molecule is NCC1CCC(C(=O)Nc2cc(Cl)c(O)c(Cl)c2)CC1. The summed E-state index contributed by atoms with van der Waals surface area (Å²) in [6, 6.07) is 2.98. The Hall–Kier alpha value is -0.970. The largest absolute Gasteiger partial charge is 0.505 e. The minimum atomic E-state index is -0.171. The highest BCUT2D eigenvalue weighted by Crippen LogP contribution is 2.35. The third kappa shape index (κ3) is 3.57. The van der Waals surface area contributed by atoms with Crippen molar-refractivity contribution in [3.05, 3.63) is 22.2 Å². The molecule has 1 fully saturated rings. The van der Waals surface area contributed by atoms with E-state index in [2.05, 4.69) is 5.32 Å². The van der Waals surface area contributed by atoms with E-state index in [1.807, 2.05) is 0 Å². The molecule has 0 atom stereocenters. The Morgan fingerprint density at radius 3 is 2.30 bits per heavy atom. The van der Waals surface area contributed by atoms with Crippen LogP contribution in [0.5, 0.6) is 5.75 Å². The number of nitrogens with one attached hydrogen (secondary N) is 1. The predicted octanol–water partition coefficient (Wildman–Crippen LogP) is 3.40. The lowest BCUT2D eigenvalue weighted by Crippen LogP contribution is -2.29. The first-order valence-corrected chi connectivity index (χ1v) is 7.45. The van der Waals surface area contributed by atoms with Crippen molar-refractivity contribution in [3.8, 4) is 5.75 Å². The molecule has 1 aliphatic carbocycles. The van der Waals surface area contributed by atoms with Crippen molar-refractivity contribution in [2.45, 2.75) is 25.7 Å². The number of amides is 1. The van der Waals surface area contributed by atoms with Gasteiger partial charge in [-0.2, -0.15) is 0 Å². The Kier molecular flexibility index (Phi) is 5.13. The first kappa shape index (κ1) is 15.4. The third-order valence-electron chi connectivity index (χ3n) is 3.84. The first-order valence-electron chi connectivity index (χ1n) is 6.70. The van der Waals surface area contributed by atoms with Crippen molar-refractivity contribution >= 4 is 34.8 Å². The maximum absolute atomic E-state index is 12.2. The van der Waals surface area contributed by atoms with Gasteiger partial charge in [0.15, 0.2) is 5.75 Å². The molecule has 0 aliphatic heterocycles. The van der Waals surface area contributed by atoms with Gasteiger partial charge in [-0.05, 0) is 50.3 Å². The Morgan fingerprint density at radius 2 is 1.80 bits per heavy atom. The molecule has 6 heteroatoms. The molecule has 1 aromatic carbocycles. The fraction of sp³-hybridized carbons (Fsp3) is 0.500. The van der Waals surface area contributed by atoms with Crippen molar-refractivity contribution in [1.29, 1.82) is 0 Å². The second-order valence-electron chi connectivity index (χ2n) is 5.23. The predicted molar refractivity (Wildman–Crippen MR) is 81.3 cm³/mol. The van der Waals surface area contributed by atoms with Gasteiger partial charge < -0.3 is 16.2 Å². The second kappa shape index (κ2) is 6.66. The third-order valence-corrected chi connectivity index (χ3v) is 4.41. The lowest BCUT2D eigenvalue weighted by atomic mass is 9.81. The van der Waals surface area contributed by atoms with Gasteiger partial charge in [0, 0.05) is 11.6 Å². The summed E-state index contributed by atoms with van der Waals surface area (Å²) in [5.41, 5.74) is 6.15. The van der Waals surface area contributed by atoms with Crippen molar-refractivity contribution in [2.24, 2.45) is 17.6 Å². The van der Waals surface area contributed by atoms with Gasteiger partial charge in [-0.1, -0.05) is 23.2 Å². The van der Waals surface area contributed by atoms with Gasteiger partial charge in [-0.25, -0.2) is 0 Å². The molecule has 1 aliphatic rings. The minimum absolute atomic E-state index is 0.00385. The summed E-state index contributed by atoms with van der Waals surface area (Å²) in [5.74, 6) is 0.342. The number of hydrogen-bond acceptors (Lipinski definition) is 3. The van der Waals surface area contributed by atoms with Gasteiger partial charge in [0.2, 0.25) is 5.91 Å². The number of nitrogens with two attached hydrogens (primary N) is 1. The zero-order valence-electron chi connectivity index (χ0n) is 11.0. The average molecular weight is 317 g/mol. The molecule has 0 unspecified atom stereocenters. The van der Waals surface area contributed by atoms with Crippen LogP contribution >= 0.6 is 23.2 Å². The molecule has 0 spiro atoms. The average Bonchev–Trinajstić information content (AvgIpc) is 2.44. The van der Waals surface area contributed by atoms with Gasteiger partial charge in [-0.15, -0.1) is 0 Å². The molecular weight excluding hydrogens is 299 g/mol. The fourth-order valence-electron chi connectivity index (χ4n) is 2.54. The Morgan fingerprint density at radius 1 is 1.25 bits per heavy atom. The number of hydrogen-bond donors (Lipinski definition) is 3. The molecule has 1 saturated carbocycles. The van der Waals surface area contributed by atoms with Gasteiger partial charge in [0.05, 0.1) is 10.0 Å². The normalized spacial score (nSPS) is 22.6. The molecule has 1 amide bonds. The number of rotatable bonds is 3. The fourth-order valence-corrected chi connectivity index (χ4v) is 3.03.